The molecule has 1 aromatic rings. The summed E-state index contributed by atoms with van der Waals surface area (Å²) in [6.07, 6.45) is 0. The maximum absolute atomic E-state index is 10.2. The van der Waals surface area contributed by atoms with Crippen LogP contribution in [0.5, 0.6) is 5.75 Å². The highest BCUT2D eigenvalue weighted by molar-refractivity contribution is 5.52. The maximum atomic E-state index is 10.2. The number of nitrogens with one attached hydrogen (secondary N) is 1. The van der Waals surface area contributed by atoms with Crippen LogP contribution in [0.3, 0.4) is 0 Å². The fourth-order valence-corrected chi connectivity index (χ4v) is 0.772. The topological polar surface area (TPSA) is 119 Å². The van der Waals surface area contributed by atoms with E-state index in [1.807, 2.05) is 14.1 Å². The fourth-order valence-electron chi connectivity index (χ4n) is 0.772. The quantitative estimate of drug-likeness (QED) is 0.577. The molecule has 0 amide bonds. The van der Waals surface area contributed by atoms with Gasteiger partial charge in [0.2, 0.25) is 0 Å². The Morgan fingerprint density at radius 1 is 1.19 bits per heavy atom. The lowest BCUT2D eigenvalue weighted by atomic mass is 10.2. The van der Waals surface area contributed by atoms with Crippen molar-refractivity contribution in [2.75, 3.05) is 14.1 Å². The summed E-state index contributed by atoms with van der Waals surface area (Å²) in [7, 11) is 3.75. The minimum absolute atomic E-state index is 0.426. The summed E-state index contributed by atoms with van der Waals surface area (Å²) in [6, 6.07) is 2.61. The van der Waals surface area contributed by atoms with E-state index in [0.29, 0.717) is 6.07 Å². The molecule has 0 aliphatic rings. The number of hydrogen-bond acceptors (Lipinski definition) is 6. The number of nitro groups is 2. The van der Waals surface area contributed by atoms with Gasteiger partial charge in [-0.15, -0.1) is 0 Å². The molecule has 0 radical (unpaired) electrons. The van der Waals surface area contributed by atoms with E-state index in [9.17, 15) is 20.2 Å². The molecular formula is C8H11N3O5. The van der Waals surface area contributed by atoms with E-state index in [0.717, 1.165) is 12.1 Å². The number of nitrogens with zero attached hydrogens (tertiary/aromatic N) is 2. The van der Waals surface area contributed by atoms with Crippen molar-refractivity contribution >= 4 is 11.4 Å². The normalized spacial score (nSPS) is 8.88. The van der Waals surface area contributed by atoms with Gasteiger partial charge in [-0.1, -0.05) is 0 Å². The largest absolute Gasteiger partial charge is 0.502 e. The first-order chi connectivity index (χ1) is 7.43. The highest BCUT2D eigenvalue weighted by Gasteiger charge is 2.18. The first-order valence-electron chi connectivity index (χ1n) is 4.14. The average molecular weight is 229 g/mol. The van der Waals surface area contributed by atoms with Crippen LogP contribution in [0.25, 0.3) is 0 Å². The van der Waals surface area contributed by atoms with Crippen molar-refractivity contribution in [1.82, 2.24) is 5.32 Å². The Morgan fingerprint density at radius 3 is 2.06 bits per heavy atom. The molecule has 16 heavy (non-hydrogen) atoms. The molecule has 0 unspecified atom stereocenters. The molecule has 0 aromatic heterocycles. The van der Waals surface area contributed by atoms with Gasteiger partial charge in [-0.3, -0.25) is 20.2 Å². The Labute approximate surface area is 90.8 Å². The van der Waals surface area contributed by atoms with Gasteiger partial charge in [0.05, 0.1) is 15.9 Å². The summed E-state index contributed by atoms with van der Waals surface area (Å²) in [5.41, 5.74) is -1.10. The van der Waals surface area contributed by atoms with Crippen molar-refractivity contribution in [2.45, 2.75) is 0 Å². The van der Waals surface area contributed by atoms with E-state index >= 15 is 0 Å². The zero-order valence-electron chi connectivity index (χ0n) is 8.71. The van der Waals surface area contributed by atoms with E-state index in [1.54, 1.807) is 0 Å². The molecule has 0 saturated heterocycles. The third kappa shape index (κ3) is 3.88. The molecule has 2 N–H and O–H groups in total. The van der Waals surface area contributed by atoms with Crippen LogP contribution < -0.4 is 5.32 Å². The number of benzene rings is 1. The molecule has 0 saturated carbocycles. The highest BCUT2D eigenvalue weighted by atomic mass is 16.6. The lowest BCUT2D eigenvalue weighted by Crippen LogP contribution is -1.92. The molecule has 0 aliphatic carbocycles. The highest BCUT2D eigenvalue weighted by Crippen LogP contribution is 2.29. The second kappa shape index (κ2) is 6.30. The SMILES string of the molecule is CNC.O=[N+]([O-])c1ccc(O)c([N+](=O)[O-])c1. The summed E-state index contributed by atoms with van der Waals surface area (Å²) in [5.74, 6) is -0.587. The fraction of sp³-hybridized carbons (Fsp3) is 0.250. The van der Waals surface area contributed by atoms with Crippen LogP contribution in [0.4, 0.5) is 11.4 Å². The van der Waals surface area contributed by atoms with Crippen molar-refractivity contribution in [2.24, 2.45) is 0 Å². The molecule has 8 heteroatoms. The van der Waals surface area contributed by atoms with Crippen LogP contribution >= 0.6 is 0 Å². The summed E-state index contributed by atoms with van der Waals surface area (Å²) in [4.78, 5) is 18.7. The van der Waals surface area contributed by atoms with Crippen LogP contribution in [0, 0.1) is 20.2 Å². The molecule has 8 nitrogen and oxygen atoms in total. The third-order valence-electron chi connectivity index (χ3n) is 1.37. The van der Waals surface area contributed by atoms with Gasteiger partial charge in [-0.25, -0.2) is 0 Å². The predicted octanol–water partition coefficient (Wildman–Crippen LogP) is 1.04. The first-order valence-corrected chi connectivity index (χ1v) is 4.14. The Balaban J connectivity index is 0.000000673. The van der Waals surface area contributed by atoms with Gasteiger partial charge in [-0.2, -0.15) is 0 Å². The third-order valence-corrected chi connectivity index (χ3v) is 1.37. The van der Waals surface area contributed by atoms with Crippen molar-refractivity contribution in [1.29, 1.82) is 0 Å². The Kier molecular flexibility index (Phi) is 5.42. The van der Waals surface area contributed by atoms with Gasteiger partial charge >= 0.3 is 5.69 Å². The van der Waals surface area contributed by atoms with E-state index in [2.05, 4.69) is 5.32 Å². The number of hydrogen-bond donors (Lipinski definition) is 2. The summed E-state index contributed by atoms with van der Waals surface area (Å²) < 4.78 is 0. The lowest BCUT2D eigenvalue weighted by Gasteiger charge is -1.94. The molecular weight excluding hydrogens is 218 g/mol. The number of rotatable bonds is 2. The molecule has 0 heterocycles. The summed E-state index contributed by atoms with van der Waals surface area (Å²) >= 11 is 0. The minimum Gasteiger partial charge on any atom is -0.502 e. The van der Waals surface area contributed by atoms with Gasteiger partial charge in [0.15, 0.2) is 5.75 Å². The number of aromatic hydroxyl groups is 1. The zero-order chi connectivity index (χ0) is 12.7. The second-order valence-electron chi connectivity index (χ2n) is 2.69. The number of phenolic OH excluding ortho intramolecular Hbond substituents is 1. The number of non-ortho nitro benzene ring substituents is 1. The van der Waals surface area contributed by atoms with E-state index in [-0.39, 0.29) is 0 Å². The Hall–Kier alpha value is -2.22. The standard InChI is InChI=1S/C6H4N2O5.C2H7N/c9-6-2-1-4(7(10)11)3-5(6)8(12)13;1-3-2/h1-3,9H;3H,1-2H3. The molecule has 0 atom stereocenters. The van der Waals surface area contributed by atoms with Gasteiger partial charge in [0.25, 0.3) is 5.69 Å². The minimum atomic E-state index is -0.887. The van der Waals surface area contributed by atoms with Crippen molar-refractivity contribution in [3.05, 3.63) is 38.4 Å². The monoisotopic (exact) mass is 229 g/mol. The Morgan fingerprint density at radius 2 is 1.69 bits per heavy atom. The first kappa shape index (κ1) is 13.8. The molecule has 0 spiro atoms. The second-order valence-corrected chi connectivity index (χ2v) is 2.69. The number of phenols is 1. The van der Waals surface area contributed by atoms with Crippen LogP contribution in [-0.4, -0.2) is 29.0 Å². The van der Waals surface area contributed by atoms with Crippen molar-refractivity contribution < 1.29 is 15.0 Å². The van der Waals surface area contributed by atoms with E-state index < -0.39 is 27.0 Å². The maximum Gasteiger partial charge on any atom is 0.317 e. The number of nitro benzene ring substituents is 2. The van der Waals surface area contributed by atoms with Gasteiger partial charge in [0.1, 0.15) is 0 Å². The van der Waals surface area contributed by atoms with E-state index in [4.69, 9.17) is 5.11 Å². The zero-order valence-corrected chi connectivity index (χ0v) is 8.71. The molecule has 88 valence electrons. The van der Waals surface area contributed by atoms with Crippen LogP contribution in [0.15, 0.2) is 18.2 Å². The van der Waals surface area contributed by atoms with Crippen molar-refractivity contribution in [3.63, 3.8) is 0 Å². The van der Waals surface area contributed by atoms with E-state index in [1.165, 1.54) is 0 Å². The van der Waals surface area contributed by atoms with Gasteiger partial charge < -0.3 is 10.4 Å². The van der Waals surface area contributed by atoms with Crippen LogP contribution in [0.2, 0.25) is 0 Å². The van der Waals surface area contributed by atoms with Crippen LogP contribution in [0.1, 0.15) is 0 Å². The lowest BCUT2D eigenvalue weighted by molar-refractivity contribution is -0.394. The van der Waals surface area contributed by atoms with Gasteiger partial charge in [-0.05, 0) is 20.2 Å². The molecule has 0 fully saturated rings. The predicted molar refractivity (Wildman–Crippen MR) is 56.4 cm³/mol. The summed E-state index contributed by atoms with van der Waals surface area (Å²) in [5, 5.41) is 32.1. The molecule has 0 aliphatic heterocycles. The molecule has 1 rings (SSSR count). The molecule has 1 aromatic carbocycles. The summed E-state index contributed by atoms with van der Waals surface area (Å²) in [6.45, 7) is 0. The van der Waals surface area contributed by atoms with Crippen molar-refractivity contribution in [3.8, 4) is 5.75 Å². The van der Waals surface area contributed by atoms with Crippen LogP contribution in [-0.2, 0) is 0 Å². The van der Waals surface area contributed by atoms with Gasteiger partial charge in [0, 0.05) is 6.07 Å². The Bertz CT molecular complexity index is 393. The average Bonchev–Trinajstić information content (AvgIpc) is 2.18. The smallest absolute Gasteiger partial charge is 0.317 e. The molecule has 0 bridgehead atoms.